The molecule has 1 N–H and O–H groups in total. The molecular formula is C25H25N5O3S. The van der Waals surface area contributed by atoms with Gasteiger partial charge in [-0.25, -0.2) is 4.79 Å². The Kier molecular flexibility index (Phi) is 5.72. The van der Waals surface area contributed by atoms with Crippen molar-refractivity contribution in [3.63, 3.8) is 0 Å². The highest BCUT2D eigenvalue weighted by molar-refractivity contribution is 7.99. The zero-order valence-electron chi connectivity index (χ0n) is 18.6. The van der Waals surface area contributed by atoms with Gasteiger partial charge in [0.05, 0.1) is 18.2 Å². The molecule has 3 aromatic heterocycles. The fourth-order valence-electron chi connectivity index (χ4n) is 4.62. The highest BCUT2D eigenvalue weighted by Crippen LogP contribution is 2.31. The Bertz CT molecular complexity index is 1490. The van der Waals surface area contributed by atoms with E-state index in [9.17, 15) is 4.79 Å². The molecule has 9 heteroatoms. The molecule has 1 unspecified atom stereocenters. The molecule has 0 amide bonds. The van der Waals surface area contributed by atoms with E-state index < -0.39 is 0 Å². The van der Waals surface area contributed by atoms with Gasteiger partial charge in [0.1, 0.15) is 0 Å². The van der Waals surface area contributed by atoms with Gasteiger partial charge < -0.3 is 14.1 Å². The van der Waals surface area contributed by atoms with E-state index in [1.54, 1.807) is 16.3 Å². The first-order chi connectivity index (χ1) is 16.8. The fourth-order valence-corrected chi connectivity index (χ4v) is 5.49. The molecule has 0 spiro atoms. The first kappa shape index (κ1) is 21.2. The van der Waals surface area contributed by atoms with Crippen LogP contribution in [-0.4, -0.2) is 42.8 Å². The monoisotopic (exact) mass is 475 g/mol. The van der Waals surface area contributed by atoms with Crippen LogP contribution in [0.1, 0.15) is 19.3 Å². The van der Waals surface area contributed by atoms with Gasteiger partial charge in [-0.1, -0.05) is 42.1 Å². The lowest BCUT2D eigenvalue weighted by Gasteiger charge is -2.14. The first-order valence-corrected chi connectivity index (χ1v) is 12.6. The summed E-state index contributed by atoms with van der Waals surface area (Å²) in [5.41, 5.74) is 3.58. The molecule has 6 rings (SSSR count). The van der Waals surface area contributed by atoms with E-state index in [0.717, 1.165) is 71.1 Å². The number of rotatable bonds is 8. The maximum atomic E-state index is 12.2. The van der Waals surface area contributed by atoms with Crippen molar-refractivity contribution in [1.82, 2.24) is 24.3 Å². The first-order valence-electron chi connectivity index (χ1n) is 11.6. The summed E-state index contributed by atoms with van der Waals surface area (Å²) < 4.78 is 15.2. The lowest BCUT2D eigenvalue weighted by atomic mass is 10.1. The van der Waals surface area contributed by atoms with Crippen molar-refractivity contribution in [3.8, 4) is 11.4 Å². The van der Waals surface area contributed by atoms with E-state index in [4.69, 9.17) is 9.15 Å². The number of aromatic amines is 1. The molecule has 0 aliphatic carbocycles. The zero-order valence-corrected chi connectivity index (χ0v) is 19.5. The van der Waals surface area contributed by atoms with Gasteiger partial charge in [0, 0.05) is 41.6 Å². The molecule has 0 radical (unpaired) electrons. The van der Waals surface area contributed by atoms with Gasteiger partial charge >= 0.3 is 5.76 Å². The number of hydrogen-bond acceptors (Lipinski definition) is 6. The van der Waals surface area contributed by atoms with Crippen LogP contribution < -0.4 is 5.76 Å². The van der Waals surface area contributed by atoms with Gasteiger partial charge in [0.25, 0.3) is 0 Å². The molecule has 1 atom stereocenters. The Morgan fingerprint density at radius 2 is 1.97 bits per heavy atom. The van der Waals surface area contributed by atoms with Gasteiger partial charge in [-0.15, -0.1) is 10.2 Å². The minimum absolute atomic E-state index is 0.176. The number of H-pyrrole nitrogens is 1. The Labute approximate surface area is 199 Å². The number of aromatic nitrogens is 5. The van der Waals surface area contributed by atoms with Crippen LogP contribution in [-0.2, 0) is 17.8 Å². The van der Waals surface area contributed by atoms with Crippen LogP contribution in [0, 0.1) is 0 Å². The summed E-state index contributed by atoms with van der Waals surface area (Å²) in [5.74, 6) is 1.35. The summed E-state index contributed by atoms with van der Waals surface area (Å²) in [6.07, 6.45) is 5.13. The molecular weight excluding hydrogens is 450 g/mol. The van der Waals surface area contributed by atoms with Crippen LogP contribution >= 0.6 is 11.8 Å². The molecule has 1 saturated heterocycles. The molecule has 8 nitrogen and oxygen atoms in total. The maximum Gasteiger partial charge on any atom is 0.419 e. The third-order valence-electron chi connectivity index (χ3n) is 6.29. The molecule has 2 aromatic carbocycles. The molecule has 0 saturated carbocycles. The summed E-state index contributed by atoms with van der Waals surface area (Å²) in [4.78, 5) is 15.6. The van der Waals surface area contributed by atoms with Crippen LogP contribution in [0.2, 0.25) is 0 Å². The van der Waals surface area contributed by atoms with Crippen LogP contribution in [0.3, 0.4) is 0 Å². The number of fused-ring (bicyclic) bond motifs is 2. The van der Waals surface area contributed by atoms with Crippen molar-refractivity contribution in [1.29, 1.82) is 0 Å². The summed E-state index contributed by atoms with van der Waals surface area (Å²) in [6, 6.07) is 15.8. The van der Waals surface area contributed by atoms with E-state index in [0.29, 0.717) is 12.1 Å². The normalized spacial score (nSPS) is 16.2. The predicted octanol–water partition coefficient (Wildman–Crippen LogP) is 4.70. The van der Waals surface area contributed by atoms with Crippen molar-refractivity contribution in [3.05, 3.63) is 65.3 Å². The summed E-state index contributed by atoms with van der Waals surface area (Å²) >= 11 is 1.66. The molecule has 34 heavy (non-hydrogen) atoms. The Hall–Kier alpha value is -3.30. The lowest BCUT2D eigenvalue weighted by Crippen LogP contribution is -2.17. The standard InChI is InChI=1S/C25H25N5O3S/c31-25-29(21-10-3-4-11-22(21)33-25)12-6-14-34-24-28-27-23(30(24)16-17-7-5-13-32-17)19-15-26-20-9-2-1-8-18(19)20/h1-4,8-11,15,17,26H,5-7,12-14,16H2. The second-order valence-electron chi connectivity index (χ2n) is 8.49. The Morgan fingerprint density at radius 1 is 1.09 bits per heavy atom. The lowest BCUT2D eigenvalue weighted by molar-refractivity contribution is 0.0953. The van der Waals surface area contributed by atoms with E-state index in [2.05, 4.69) is 31.9 Å². The van der Waals surface area contributed by atoms with Crippen LogP contribution in [0.25, 0.3) is 33.4 Å². The van der Waals surface area contributed by atoms with Gasteiger partial charge in [0.2, 0.25) is 0 Å². The fraction of sp³-hybridized carbons (Fsp3) is 0.320. The predicted molar refractivity (Wildman–Crippen MR) is 132 cm³/mol. The largest absolute Gasteiger partial charge is 0.419 e. The number of benzene rings is 2. The number of nitrogens with zero attached hydrogens (tertiary/aromatic N) is 4. The smallest absolute Gasteiger partial charge is 0.408 e. The van der Waals surface area contributed by atoms with Crippen molar-refractivity contribution < 1.29 is 9.15 Å². The average Bonchev–Trinajstić information content (AvgIpc) is 3.64. The van der Waals surface area contributed by atoms with Gasteiger partial charge in [-0.2, -0.15) is 0 Å². The van der Waals surface area contributed by atoms with Gasteiger partial charge in [0.15, 0.2) is 16.6 Å². The molecule has 1 aliphatic heterocycles. The Morgan fingerprint density at radius 3 is 2.88 bits per heavy atom. The SMILES string of the molecule is O=c1oc2ccccc2n1CCCSc1nnc(-c2c[nH]c3ccccc23)n1CC1CCCO1. The minimum atomic E-state index is -0.311. The third kappa shape index (κ3) is 3.95. The van der Waals surface area contributed by atoms with Crippen LogP contribution in [0.15, 0.2) is 69.1 Å². The van der Waals surface area contributed by atoms with Crippen LogP contribution in [0.4, 0.5) is 0 Å². The number of aryl methyl sites for hydroxylation is 1. The molecule has 4 heterocycles. The number of ether oxygens (including phenoxy) is 1. The third-order valence-corrected chi connectivity index (χ3v) is 7.34. The number of nitrogens with one attached hydrogen (secondary N) is 1. The molecule has 0 bridgehead atoms. The summed E-state index contributed by atoms with van der Waals surface area (Å²) in [5, 5.41) is 11.1. The highest BCUT2D eigenvalue weighted by Gasteiger charge is 2.23. The second-order valence-corrected chi connectivity index (χ2v) is 9.55. The summed E-state index contributed by atoms with van der Waals surface area (Å²) in [6.45, 7) is 2.14. The number of hydrogen-bond donors (Lipinski definition) is 1. The molecule has 5 aromatic rings. The molecule has 1 aliphatic rings. The maximum absolute atomic E-state index is 12.2. The molecule has 1 fully saturated rings. The van der Waals surface area contributed by atoms with Crippen molar-refractivity contribution >= 4 is 33.8 Å². The number of oxazole rings is 1. The van der Waals surface area contributed by atoms with Gasteiger partial charge in [-0.05, 0) is 37.5 Å². The number of para-hydroxylation sites is 3. The van der Waals surface area contributed by atoms with E-state index in [-0.39, 0.29) is 11.9 Å². The topological polar surface area (TPSA) is 90.9 Å². The van der Waals surface area contributed by atoms with E-state index in [1.165, 1.54) is 0 Å². The van der Waals surface area contributed by atoms with Crippen molar-refractivity contribution in [2.45, 2.75) is 43.6 Å². The average molecular weight is 476 g/mol. The minimum Gasteiger partial charge on any atom is -0.408 e. The van der Waals surface area contributed by atoms with E-state index in [1.807, 2.05) is 42.6 Å². The highest BCUT2D eigenvalue weighted by atomic mass is 32.2. The second kappa shape index (κ2) is 9.15. The van der Waals surface area contributed by atoms with Crippen LogP contribution in [0.5, 0.6) is 0 Å². The zero-order chi connectivity index (χ0) is 22.9. The van der Waals surface area contributed by atoms with E-state index >= 15 is 0 Å². The Balaban J connectivity index is 1.23. The van der Waals surface area contributed by atoms with Crippen molar-refractivity contribution in [2.75, 3.05) is 12.4 Å². The quantitative estimate of drug-likeness (QED) is 0.259. The van der Waals surface area contributed by atoms with Gasteiger partial charge in [-0.3, -0.25) is 9.13 Å². The molecule has 174 valence electrons. The van der Waals surface area contributed by atoms with Crippen molar-refractivity contribution in [2.24, 2.45) is 0 Å². The summed E-state index contributed by atoms with van der Waals surface area (Å²) in [7, 11) is 0. The number of thioether (sulfide) groups is 1.